The minimum Gasteiger partial charge on any atom is -0.462 e. The second-order valence-electron chi connectivity index (χ2n) is 6.45. The number of ether oxygens (including phenoxy) is 2. The number of hydrogen-bond acceptors (Lipinski definition) is 6. The van der Waals surface area contributed by atoms with Gasteiger partial charge in [0.15, 0.2) is 0 Å². The van der Waals surface area contributed by atoms with E-state index >= 15 is 0 Å². The van der Waals surface area contributed by atoms with Crippen LogP contribution in [0.15, 0.2) is 48.5 Å². The van der Waals surface area contributed by atoms with E-state index in [1.54, 1.807) is 26.0 Å². The lowest BCUT2D eigenvalue weighted by molar-refractivity contribution is 0.0517. The molecule has 148 valence electrons. The molecule has 1 fully saturated rings. The molecule has 1 aliphatic rings. The van der Waals surface area contributed by atoms with Crippen molar-refractivity contribution < 1.29 is 19.1 Å². The molecule has 0 amide bonds. The van der Waals surface area contributed by atoms with Gasteiger partial charge in [0, 0.05) is 26.2 Å². The molecule has 1 saturated heterocycles. The Morgan fingerprint density at radius 1 is 0.714 bits per heavy atom. The van der Waals surface area contributed by atoms with Crippen LogP contribution in [0.2, 0.25) is 0 Å². The van der Waals surface area contributed by atoms with Gasteiger partial charge in [0.25, 0.3) is 0 Å². The Hall–Kier alpha value is -3.02. The number of nitrogens with zero attached hydrogens (tertiary/aromatic N) is 2. The summed E-state index contributed by atoms with van der Waals surface area (Å²) in [5.74, 6) is -0.596. The van der Waals surface area contributed by atoms with Gasteiger partial charge in [0.05, 0.1) is 35.7 Å². The number of esters is 2. The number of para-hydroxylation sites is 2. The molecule has 3 rings (SSSR count). The lowest BCUT2D eigenvalue weighted by Gasteiger charge is -2.38. The zero-order valence-electron chi connectivity index (χ0n) is 16.4. The number of benzene rings is 2. The average molecular weight is 382 g/mol. The molecular formula is C22H26N2O4. The quantitative estimate of drug-likeness (QED) is 0.714. The molecule has 2 aromatic rings. The highest BCUT2D eigenvalue weighted by Crippen LogP contribution is 2.26. The Balaban J connectivity index is 1.75. The minimum absolute atomic E-state index is 0.298. The van der Waals surface area contributed by atoms with E-state index in [9.17, 15) is 9.59 Å². The van der Waals surface area contributed by atoms with E-state index < -0.39 is 0 Å². The fraction of sp³-hybridized carbons (Fsp3) is 0.364. The summed E-state index contributed by atoms with van der Waals surface area (Å²) in [5.41, 5.74) is 2.95. The summed E-state index contributed by atoms with van der Waals surface area (Å²) in [5, 5.41) is 0. The van der Waals surface area contributed by atoms with Gasteiger partial charge in [0.1, 0.15) is 0 Å². The Morgan fingerprint density at radius 3 is 1.43 bits per heavy atom. The Kier molecular flexibility index (Phi) is 6.53. The van der Waals surface area contributed by atoms with Gasteiger partial charge < -0.3 is 19.3 Å². The van der Waals surface area contributed by atoms with Crippen molar-refractivity contribution in [3.05, 3.63) is 59.7 Å². The molecule has 0 aliphatic carbocycles. The molecule has 0 saturated carbocycles. The largest absolute Gasteiger partial charge is 0.462 e. The van der Waals surface area contributed by atoms with Crippen molar-refractivity contribution in [3.8, 4) is 0 Å². The number of hydrogen-bond donors (Lipinski definition) is 0. The summed E-state index contributed by atoms with van der Waals surface area (Å²) in [6.07, 6.45) is 0. The Bertz CT molecular complexity index is 759. The van der Waals surface area contributed by atoms with Crippen LogP contribution in [0.3, 0.4) is 0 Å². The molecule has 0 radical (unpaired) electrons. The molecule has 0 N–H and O–H groups in total. The van der Waals surface area contributed by atoms with E-state index in [1.165, 1.54) is 0 Å². The normalized spacial score (nSPS) is 13.9. The van der Waals surface area contributed by atoms with Gasteiger partial charge in [-0.3, -0.25) is 0 Å². The monoisotopic (exact) mass is 382 g/mol. The molecule has 6 heteroatoms. The highest BCUT2D eigenvalue weighted by molar-refractivity contribution is 5.97. The van der Waals surface area contributed by atoms with Gasteiger partial charge in [-0.05, 0) is 38.1 Å². The number of anilines is 2. The van der Waals surface area contributed by atoms with Crippen molar-refractivity contribution in [2.75, 3.05) is 49.2 Å². The number of rotatable bonds is 6. The second kappa shape index (κ2) is 9.26. The molecule has 0 bridgehead atoms. The van der Waals surface area contributed by atoms with Crippen LogP contribution in [-0.4, -0.2) is 51.3 Å². The van der Waals surface area contributed by atoms with Crippen molar-refractivity contribution in [2.24, 2.45) is 0 Å². The maximum absolute atomic E-state index is 12.3. The van der Waals surface area contributed by atoms with Gasteiger partial charge >= 0.3 is 11.9 Å². The smallest absolute Gasteiger partial charge is 0.340 e. The number of carbonyl (C=O) groups is 2. The van der Waals surface area contributed by atoms with Crippen LogP contribution in [0.5, 0.6) is 0 Å². The standard InChI is InChI=1S/C22H26N2O4/c1-3-27-21(25)17-9-5-7-11-19(17)23-13-15-24(16-14-23)20-12-8-6-10-18(20)22(26)28-4-2/h5-12H,3-4,13-16H2,1-2H3. The third-order valence-corrected chi connectivity index (χ3v) is 4.76. The van der Waals surface area contributed by atoms with Crippen LogP contribution in [0.25, 0.3) is 0 Å². The van der Waals surface area contributed by atoms with Crippen molar-refractivity contribution >= 4 is 23.3 Å². The summed E-state index contributed by atoms with van der Waals surface area (Å²) in [6, 6.07) is 15.1. The van der Waals surface area contributed by atoms with Crippen LogP contribution in [-0.2, 0) is 9.47 Å². The third-order valence-electron chi connectivity index (χ3n) is 4.76. The topological polar surface area (TPSA) is 59.1 Å². The van der Waals surface area contributed by atoms with Crippen molar-refractivity contribution in [2.45, 2.75) is 13.8 Å². The van der Waals surface area contributed by atoms with E-state index in [-0.39, 0.29) is 11.9 Å². The highest BCUT2D eigenvalue weighted by atomic mass is 16.5. The second-order valence-corrected chi connectivity index (χ2v) is 6.45. The molecule has 0 aromatic heterocycles. The zero-order valence-corrected chi connectivity index (χ0v) is 16.4. The lowest BCUT2D eigenvalue weighted by Crippen LogP contribution is -2.47. The molecule has 1 heterocycles. The summed E-state index contributed by atoms with van der Waals surface area (Å²) in [6.45, 7) is 7.29. The van der Waals surface area contributed by atoms with Crippen molar-refractivity contribution in [3.63, 3.8) is 0 Å². The van der Waals surface area contributed by atoms with Gasteiger partial charge in [-0.25, -0.2) is 9.59 Å². The van der Waals surface area contributed by atoms with E-state index in [0.717, 1.165) is 37.6 Å². The molecule has 2 aromatic carbocycles. The van der Waals surface area contributed by atoms with Gasteiger partial charge in [-0.1, -0.05) is 24.3 Å². The first-order valence-corrected chi connectivity index (χ1v) is 9.67. The predicted octanol–water partition coefficient (Wildman–Crippen LogP) is 3.37. The zero-order chi connectivity index (χ0) is 19.9. The fourth-order valence-corrected chi connectivity index (χ4v) is 3.45. The summed E-state index contributed by atoms with van der Waals surface area (Å²) in [7, 11) is 0. The van der Waals surface area contributed by atoms with Crippen molar-refractivity contribution in [1.82, 2.24) is 0 Å². The van der Waals surface area contributed by atoms with E-state index in [4.69, 9.17) is 9.47 Å². The molecule has 0 unspecified atom stereocenters. The van der Waals surface area contributed by atoms with Crippen LogP contribution in [0.4, 0.5) is 11.4 Å². The van der Waals surface area contributed by atoms with Crippen LogP contribution in [0.1, 0.15) is 34.6 Å². The average Bonchev–Trinajstić information content (AvgIpc) is 2.74. The van der Waals surface area contributed by atoms with Gasteiger partial charge in [-0.15, -0.1) is 0 Å². The molecule has 28 heavy (non-hydrogen) atoms. The first kappa shape index (κ1) is 19.7. The van der Waals surface area contributed by atoms with Crippen LogP contribution < -0.4 is 9.80 Å². The van der Waals surface area contributed by atoms with Gasteiger partial charge in [-0.2, -0.15) is 0 Å². The number of carbonyl (C=O) groups excluding carboxylic acids is 2. The maximum atomic E-state index is 12.3. The third kappa shape index (κ3) is 4.27. The Morgan fingerprint density at radius 2 is 1.07 bits per heavy atom. The summed E-state index contributed by atoms with van der Waals surface area (Å²) in [4.78, 5) is 28.9. The fourth-order valence-electron chi connectivity index (χ4n) is 3.45. The van der Waals surface area contributed by atoms with E-state index in [0.29, 0.717) is 24.3 Å². The molecular weight excluding hydrogens is 356 g/mol. The summed E-state index contributed by atoms with van der Waals surface area (Å²) >= 11 is 0. The minimum atomic E-state index is -0.298. The Labute approximate surface area is 165 Å². The first-order valence-electron chi connectivity index (χ1n) is 9.67. The SMILES string of the molecule is CCOC(=O)c1ccccc1N1CCN(c2ccccc2C(=O)OCC)CC1. The maximum Gasteiger partial charge on any atom is 0.340 e. The number of piperazine rings is 1. The first-order chi connectivity index (χ1) is 13.7. The molecule has 1 aliphatic heterocycles. The predicted molar refractivity (Wildman–Crippen MR) is 109 cm³/mol. The van der Waals surface area contributed by atoms with Crippen molar-refractivity contribution in [1.29, 1.82) is 0 Å². The van der Waals surface area contributed by atoms with Crippen LogP contribution >= 0.6 is 0 Å². The van der Waals surface area contributed by atoms with E-state index in [2.05, 4.69) is 9.80 Å². The molecule has 0 spiro atoms. The lowest BCUT2D eigenvalue weighted by atomic mass is 10.1. The summed E-state index contributed by atoms with van der Waals surface area (Å²) < 4.78 is 10.4. The van der Waals surface area contributed by atoms with Gasteiger partial charge in [0.2, 0.25) is 0 Å². The van der Waals surface area contributed by atoms with E-state index in [1.807, 2.05) is 36.4 Å². The van der Waals surface area contributed by atoms with Crippen LogP contribution in [0, 0.1) is 0 Å². The molecule has 0 atom stereocenters. The highest BCUT2D eigenvalue weighted by Gasteiger charge is 2.24. The molecule has 6 nitrogen and oxygen atoms in total.